The fourth-order valence-corrected chi connectivity index (χ4v) is 5.71. The van der Waals surface area contributed by atoms with Crippen molar-refractivity contribution in [3.8, 4) is 10.4 Å². The molecule has 1 amide bonds. The van der Waals surface area contributed by atoms with Gasteiger partial charge >= 0.3 is 0 Å². The van der Waals surface area contributed by atoms with Crippen molar-refractivity contribution in [2.24, 2.45) is 7.05 Å². The van der Waals surface area contributed by atoms with Gasteiger partial charge < -0.3 is 5.32 Å². The number of amides is 1. The van der Waals surface area contributed by atoms with Crippen LogP contribution in [0.3, 0.4) is 0 Å². The Morgan fingerprint density at radius 3 is 2.73 bits per heavy atom. The summed E-state index contributed by atoms with van der Waals surface area (Å²) in [6.07, 6.45) is 1.66. The Morgan fingerprint density at radius 2 is 2.03 bits per heavy atom. The Kier molecular flexibility index (Phi) is 5.81. The molecular weight excluding hydrogens is 438 g/mol. The first-order valence-corrected chi connectivity index (χ1v) is 12.0. The van der Waals surface area contributed by atoms with Crippen LogP contribution >= 0.6 is 34.4 Å². The maximum atomic E-state index is 13.1. The lowest BCUT2D eigenvalue weighted by atomic mass is 10.2. The molecule has 0 radical (unpaired) electrons. The zero-order chi connectivity index (χ0) is 21.4. The number of anilines is 1. The Labute approximate surface area is 185 Å². The minimum absolute atomic E-state index is 0.0994. The highest BCUT2D eigenvalue weighted by Gasteiger charge is 2.21. The largest absolute Gasteiger partial charge is 0.310 e. The molecule has 7 nitrogen and oxygen atoms in total. The van der Waals surface area contributed by atoms with E-state index < -0.39 is 5.25 Å². The first-order chi connectivity index (χ1) is 14.4. The molecule has 0 saturated carbocycles. The molecule has 1 unspecified atom stereocenters. The summed E-state index contributed by atoms with van der Waals surface area (Å²) in [5.41, 5.74) is 0.819. The predicted molar refractivity (Wildman–Crippen MR) is 125 cm³/mol. The van der Waals surface area contributed by atoms with E-state index in [2.05, 4.69) is 15.4 Å². The monoisotopic (exact) mass is 459 g/mol. The average molecular weight is 460 g/mol. The summed E-state index contributed by atoms with van der Waals surface area (Å²) in [5.74, 6) is 0.487. The SMILES string of the molecule is CC(Sc1nc2scc(-c3cccs3)c2c(=O)n1C)C(=O)Nc1ccnn1C(C)C. The van der Waals surface area contributed by atoms with Gasteiger partial charge in [0.15, 0.2) is 5.16 Å². The van der Waals surface area contributed by atoms with Gasteiger partial charge in [-0.25, -0.2) is 9.67 Å². The predicted octanol–water partition coefficient (Wildman–Crippen LogP) is 4.62. The van der Waals surface area contributed by atoms with E-state index in [1.54, 1.807) is 42.3 Å². The first kappa shape index (κ1) is 20.8. The van der Waals surface area contributed by atoms with E-state index in [-0.39, 0.29) is 17.5 Å². The zero-order valence-corrected chi connectivity index (χ0v) is 19.4. The maximum absolute atomic E-state index is 13.1. The number of hydrogen-bond donors (Lipinski definition) is 1. The lowest BCUT2D eigenvalue weighted by Gasteiger charge is -2.15. The van der Waals surface area contributed by atoms with Crippen molar-refractivity contribution in [1.82, 2.24) is 19.3 Å². The average Bonchev–Trinajstić information content (AvgIpc) is 3.45. The van der Waals surface area contributed by atoms with Crippen LogP contribution in [0.2, 0.25) is 0 Å². The Morgan fingerprint density at radius 1 is 1.23 bits per heavy atom. The highest BCUT2D eigenvalue weighted by Crippen LogP contribution is 2.35. The maximum Gasteiger partial charge on any atom is 0.263 e. The summed E-state index contributed by atoms with van der Waals surface area (Å²) in [6.45, 7) is 5.81. The van der Waals surface area contributed by atoms with Crippen LogP contribution in [0.15, 0.2) is 45.1 Å². The molecule has 4 rings (SSSR count). The van der Waals surface area contributed by atoms with Crippen LogP contribution in [-0.4, -0.2) is 30.5 Å². The normalized spacial score (nSPS) is 12.6. The van der Waals surface area contributed by atoms with Crippen LogP contribution in [0.4, 0.5) is 5.82 Å². The molecule has 4 aromatic heterocycles. The molecule has 10 heteroatoms. The standard InChI is InChI=1S/C20H21N5O2S3/c1-11(2)25-15(7-8-21-25)22-17(26)12(3)30-20-23-18-16(19(27)24(20)4)13(10-29-18)14-6-5-9-28-14/h5-12H,1-4H3,(H,22,26). The van der Waals surface area contributed by atoms with Crippen molar-refractivity contribution in [2.75, 3.05) is 5.32 Å². The minimum atomic E-state index is -0.437. The quantitative estimate of drug-likeness (QED) is 0.336. The number of carbonyl (C=O) groups excluding carboxylic acids is 1. The van der Waals surface area contributed by atoms with Gasteiger partial charge in [0.1, 0.15) is 10.6 Å². The summed E-state index contributed by atoms with van der Waals surface area (Å²) in [5, 5.41) is 11.8. The number of carbonyl (C=O) groups is 1. The van der Waals surface area contributed by atoms with E-state index in [4.69, 9.17) is 0 Å². The minimum Gasteiger partial charge on any atom is -0.310 e. The molecule has 0 aliphatic carbocycles. The van der Waals surface area contributed by atoms with Gasteiger partial charge in [-0.1, -0.05) is 17.8 Å². The smallest absolute Gasteiger partial charge is 0.263 e. The molecule has 0 spiro atoms. The van der Waals surface area contributed by atoms with Gasteiger partial charge in [-0.3, -0.25) is 14.2 Å². The summed E-state index contributed by atoms with van der Waals surface area (Å²) in [6, 6.07) is 5.88. The molecule has 1 N–H and O–H groups in total. The van der Waals surface area contributed by atoms with Crippen molar-refractivity contribution in [1.29, 1.82) is 0 Å². The van der Waals surface area contributed by atoms with Crippen LogP contribution in [0.5, 0.6) is 0 Å². The highest BCUT2D eigenvalue weighted by molar-refractivity contribution is 8.00. The Hall–Kier alpha value is -2.43. The topological polar surface area (TPSA) is 81.8 Å². The van der Waals surface area contributed by atoms with E-state index >= 15 is 0 Å². The molecule has 0 aliphatic heterocycles. The van der Waals surface area contributed by atoms with E-state index in [0.29, 0.717) is 21.2 Å². The van der Waals surface area contributed by atoms with Gasteiger partial charge in [0.05, 0.1) is 16.8 Å². The number of thiophene rings is 2. The molecule has 0 aliphatic rings. The molecule has 0 fully saturated rings. The Balaban J connectivity index is 1.59. The fraction of sp³-hybridized carbons (Fsp3) is 0.300. The van der Waals surface area contributed by atoms with Crippen LogP contribution in [0.25, 0.3) is 20.7 Å². The van der Waals surface area contributed by atoms with Crippen LogP contribution in [-0.2, 0) is 11.8 Å². The van der Waals surface area contributed by atoms with E-state index in [1.165, 1.54) is 27.7 Å². The summed E-state index contributed by atoms with van der Waals surface area (Å²) >= 11 is 4.32. The molecule has 1 atom stereocenters. The van der Waals surface area contributed by atoms with Crippen LogP contribution in [0, 0.1) is 0 Å². The van der Waals surface area contributed by atoms with E-state index in [0.717, 1.165) is 10.4 Å². The lowest BCUT2D eigenvalue weighted by Crippen LogP contribution is -2.26. The molecule has 0 saturated heterocycles. The number of fused-ring (bicyclic) bond motifs is 1. The molecule has 156 valence electrons. The van der Waals surface area contributed by atoms with Crippen LogP contribution in [0.1, 0.15) is 26.8 Å². The molecule has 0 aromatic carbocycles. The second kappa shape index (κ2) is 8.37. The number of nitrogens with one attached hydrogen (secondary N) is 1. The van der Waals surface area contributed by atoms with E-state index in [1.807, 2.05) is 36.7 Å². The molecule has 4 heterocycles. The van der Waals surface area contributed by atoms with Gasteiger partial charge in [0.2, 0.25) is 5.91 Å². The zero-order valence-electron chi connectivity index (χ0n) is 16.9. The third-order valence-electron chi connectivity index (χ3n) is 4.62. The summed E-state index contributed by atoms with van der Waals surface area (Å²) in [4.78, 5) is 32.2. The second-order valence-electron chi connectivity index (χ2n) is 7.07. The van der Waals surface area contributed by atoms with Crippen molar-refractivity contribution >= 4 is 56.4 Å². The molecular formula is C20H21N5O2S3. The summed E-state index contributed by atoms with van der Waals surface area (Å²) in [7, 11) is 1.70. The third-order valence-corrected chi connectivity index (χ3v) is 7.54. The first-order valence-electron chi connectivity index (χ1n) is 9.40. The van der Waals surface area contributed by atoms with Gasteiger partial charge in [-0.05, 0) is 32.2 Å². The molecule has 30 heavy (non-hydrogen) atoms. The molecule has 0 bridgehead atoms. The van der Waals surface area contributed by atoms with Crippen LogP contribution < -0.4 is 10.9 Å². The number of thioether (sulfide) groups is 1. The van der Waals surface area contributed by atoms with Crippen molar-refractivity contribution in [3.05, 3.63) is 45.5 Å². The molecule has 4 aromatic rings. The lowest BCUT2D eigenvalue weighted by molar-refractivity contribution is -0.115. The highest BCUT2D eigenvalue weighted by atomic mass is 32.2. The number of hydrogen-bond acceptors (Lipinski definition) is 7. The Bertz CT molecular complexity index is 1250. The number of rotatable bonds is 6. The second-order valence-corrected chi connectivity index (χ2v) is 10.2. The number of aromatic nitrogens is 4. The van der Waals surface area contributed by atoms with E-state index in [9.17, 15) is 9.59 Å². The number of nitrogens with zero attached hydrogens (tertiary/aromatic N) is 4. The van der Waals surface area contributed by atoms with Crippen molar-refractivity contribution < 1.29 is 4.79 Å². The van der Waals surface area contributed by atoms with Gasteiger partial charge in [0.25, 0.3) is 5.56 Å². The van der Waals surface area contributed by atoms with Crippen molar-refractivity contribution in [2.45, 2.75) is 37.2 Å². The summed E-state index contributed by atoms with van der Waals surface area (Å²) < 4.78 is 3.28. The van der Waals surface area contributed by atoms with Gasteiger partial charge in [-0.2, -0.15) is 5.10 Å². The fourth-order valence-electron chi connectivity index (χ4n) is 3.04. The van der Waals surface area contributed by atoms with Gasteiger partial charge in [0, 0.05) is 35.0 Å². The third kappa shape index (κ3) is 3.82. The van der Waals surface area contributed by atoms with Crippen molar-refractivity contribution in [3.63, 3.8) is 0 Å². The van der Waals surface area contributed by atoms with Gasteiger partial charge in [-0.15, -0.1) is 22.7 Å².